The minimum absolute atomic E-state index is 0.115. The van der Waals surface area contributed by atoms with E-state index in [2.05, 4.69) is 13.8 Å². The van der Waals surface area contributed by atoms with Crippen LogP contribution in [-0.4, -0.2) is 31.2 Å². The summed E-state index contributed by atoms with van der Waals surface area (Å²) in [6.45, 7) is 5.76. The van der Waals surface area contributed by atoms with Crippen molar-refractivity contribution in [3.63, 3.8) is 0 Å². The first kappa shape index (κ1) is 19.7. The van der Waals surface area contributed by atoms with Crippen LogP contribution in [0.2, 0.25) is 0 Å². The number of benzene rings is 2. The fourth-order valence-electron chi connectivity index (χ4n) is 3.52. The molecule has 4 heteroatoms. The third kappa shape index (κ3) is 5.25. The van der Waals surface area contributed by atoms with E-state index in [1.54, 1.807) is 0 Å². The number of carbonyl (C=O) groups is 1. The van der Waals surface area contributed by atoms with E-state index < -0.39 is 6.10 Å². The number of aldehydes is 1. The van der Waals surface area contributed by atoms with Gasteiger partial charge in [0.05, 0.1) is 32.0 Å². The summed E-state index contributed by atoms with van der Waals surface area (Å²) < 4.78 is 18.0. The lowest BCUT2D eigenvalue weighted by molar-refractivity contribution is -0.198. The van der Waals surface area contributed by atoms with Crippen molar-refractivity contribution < 1.29 is 19.0 Å². The maximum atomic E-state index is 11.6. The number of rotatable bonds is 8. The summed E-state index contributed by atoms with van der Waals surface area (Å²) in [5.41, 5.74) is 2.22. The fourth-order valence-corrected chi connectivity index (χ4v) is 3.52. The lowest BCUT2D eigenvalue weighted by Gasteiger charge is -2.42. The zero-order chi connectivity index (χ0) is 19.1. The van der Waals surface area contributed by atoms with Crippen molar-refractivity contribution in [1.29, 1.82) is 0 Å². The predicted molar refractivity (Wildman–Crippen MR) is 104 cm³/mol. The van der Waals surface area contributed by atoms with E-state index in [9.17, 15) is 4.79 Å². The van der Waals surface area contributed by atoms with Gasteiger partial charge in [-0.15, -0.1) is 0 Å². The summed E-state index contributed by atoms with van der Waals surface area (Å²) in [6, 6.07) is 20.1. The molecule has 0 bridgehead atoms. The molecule has 0 amide bonds. The molecule has 2 aromatic carbocycles. The average Bonchev–Trinajstić information content (AvgIpc) is 2.72. The molecular formula is C23H28O4. The molecule has 1 saturated heterocycles. The van der Waals surface area contributed by atoms with E-state index >= 15 is 0 Å². The average molecular weight is 368 g/mol. The zero-order valence-electron chi connectivity index (χ0n) is 16.0. The Morgan fingerprint density at radius 1 is 0.889 bits per heavy atom. The maximum Gasteiger partial charge on any atom is 0.151 e. The van der Waals surface area contributed by atoms with Gasteiger partial charge >= 0.3 is 0 Å². The quantitative estimate of drug-likeness (QED) is 0.660. The second-order valence-electron chi connectivity index (χ2n) is 7.26. The molecular weight excluding hydrogens is 340 g/mol. The van der Waals surface area contributed by atoms with E-state index in [-0.39, 0.29) is 24.0 Å². The van der Waals surface area contributed by atoms with E-state index in [0.717, 1.165) is 17.4 Å². The molecule has 1 heterocycles. The monoisotopic (exact) mass is 368 g/mol. The molecule has 3 rings (SSSR count). The van der Waals surface area contributed by atoms with Crippen molar-refractivity contribution in [3.8, 4) is 0 Å². The number of carbonyl (C=O) groups excluding carboxylic acids is 1. The second kappa shape index (κ2) is 9.79. The van der Waals surface area contributed by atoms with Crippen LogP contribution < -0.4 is 0 Å². The molecule has 1 aliphatic rings. The second-order valence-corrected chi connectivity index (χ2v) is 7.26. The van der Waals surface area contributed by atoms with Gasteiger partial charge in [-0.3, -0.25) is 0 Å². The SMILES string of the molecule is C[C@@H]1C(COCc2ccccc2)O[C@H](C=O)C(OCc2ccccc2)[C@H]1C. The third-order valence-electron chi connectivity index (χ3n) is 5.40. The summed E-state index contributed by atoms with van der Waals surface area (Å²) in [6.07, 6.45) is -0.0637. The van der Waals surface area contributed by atoms with E-state index in [0.29, 0.717) is 19.8 Å². The fraction of sp³-hybridized carbons (Fsp3) is 0.435. The molecule has 144 valence electrons. The molecule has 0 spiro atoms. The van der Waals surface area contributed by atoms with Gasteiger partial charge in [0.1, 0.15) is 6.10 Å². The Morgan fingerprint density at radius 3 is 2.07 bits per heavy atom. The van der Waals surface area contributed by atoms with Gasteiger partial charge in [-0.25, -0.2) is 0 Å². The summed E-state index contributed by atoms with van der Waals surface area (Å²) in [7, 11) is 0. The Balaban J connectivity index is 1.55. The Kier molecular flexibility index (Phi) is 7.16. The van der Waals surface area contributed by atoms with Crippen LogP contribution in [0.4, 0.5) is 0 Å². The molecule has 1 aliphatic heterocycles. The number of ether oxygens (including phenoxy) is 3. The molecule has 2 unspecified atom stereocenters. The molecule has 0 N–H and O–H groups in total. The van der Waals surface area contributed by atoms with Crippen molar-refractivity contribution in [2.24, 2.45) is 11.8 Å². The van der Waals surface area contributed by atoms with Crippen LogP contribution in [-0.2, 0) is 32.2 Å². The van der Waals surface area contributed by atoms with Crippen molar-refractivity contribution >= 4 is 6.29 Å². The van der Waals surface area contributed by atoms with Gasteiger partial charge in [0.25, 0.3) is 0 Å². The molecule has 1 fully saturated rings. The summed E-state index contributed by atoms with van der Waals surface area (Å²) >= 11 is 0. The Bertz CT molecular complexity index is 686. The lowest BCUT2D eigenvalue weighted by Crippen LogP contribution is -2.52. The van der Waals surface area contributed by atoms with Crippen LogP contribution in [0.15, 0.2) is 60.7 Å². The highest BCUT2D eigenvalue weighted by atomic mass is 16.6. The van der Waals surface area contributed by atoms with Gasteiger partial charge in [-0.1, -0.05) is 74.5 Å². The predicted octanol–water partition coefficient (Wildman–Crippen LogP) is 4.03. The van der Waals surface area contributed by atoms with Crippen LogP contribution in [0, 0.1) is 11.8 Å². The first-order valence-electron chi connectivity index (χ1n) is 9.57. The minimum Gasteiger partial charge on any atom is -0.374 e. The van der Waals surface area contributed by atoms with Crippen LogP contribution in [0.5, 0.6) is 0 Å². The van der Waals surface area contributed by atoms with Gasteiger partial charge in [0, 0.05) is 0 Å². The molecule has 27 heavy (non-hydrogen) atoms. The molecule has 0 aliphatic carbocycles. The van der Waals surface area contributed by atoms with Gasteiger partial charge in [0.15, 0.2) is 6.29 Å². The van der Waals surface area contributed by atoms with Crippen molar-refractivity contribution in [2.75, 3.05) is 6.61 Å². The van der Waals surface area contributed by atoms with Crippen LogP contribution >= 0.6 is 0 Å². The number of hydrogen-bond acceptors (Lipinski definition) is 4. The highest BCUT2D eigenvalue weighted by Gasteiger charge is 2.42. The van der Waals surface area contributed by atoms with Crippen LogP contribution in [0.25, 0.3) is 0 Å². The topological polar surface area (TPSA) is 44.8 Å². The van der Waals surface area contributed by atoms with Gasteiger partial charge in [-0.05, 0) is 23.0 Å². The summed E-state index contributed by atoms with van der Waals surface area (Å²) in [5, 5.41) is 0. The molecule has 5 atom stereocenters. The Hall–Kier alpha value is -2.01. The first-order valence-corrected chi connectivity index (χ1v) is 9.57. The van der Waals surface area contributed by atoms with Crippen molar-refractivity contribution in [2.45, 2.75) is 45.4 Å². The largest absolute Gasteiger partial charge is 0.374 e. The summed E-state index contributed by atoms with van der Waals surface area (Å²) in [5.74, 6) is 0.431. The highest BCUT2D eigenvalue weighted by Crippen LogP contribution is 2.33. The highest BCUT2D eigenvalue weighted by molar-refractivity contribution is 5.57. The lowest BCUT2D eigenvalue weighted by atomic mass is 9.81. The minimum atomic E-state index is -0.565. The van der Waals surface area contributed by atoms with Crippen LogP contribution in [0.1, 0.15) is 25.0 Å². The van der Waals surface area contributed by atoms with Gasteiger partial charge in [-0.2, -0.15) is 0 Å². The maximum absolute atomic E-state index is 11.6. The van der Waals surface area contributed by atoms with Crippen molar-refractivity contribution in [3.05, 3.63) is 71.8 Å². The van der Waals surface area contributed by atoms with E-state index in [1.165, 1.54) is 0 Å². The van der Waals surface area contributed by atoms with Crippen molar-refractivity contribution in [1.82, 2.24) is 0 Å². The Labute approximate surface area is 161 Å². The number of hydrogen-bond donors (Lipinski definition) is 0. The standard InChI is InChI=1S/C23H28O4/c1-17-18(2)23(26-15-20-11-7-4-8-12-20)21(13-24)27-22(17)16-25-14-19-9-5-3-6-10-19/h3-13,17-18,21-23H,14-16H2,1-2H3/t17-,18-,21+,22?,23?/m0/s1. The molecule has 2 aromatic rings. The summed E-state index contributed by atoms with van der Waals surface area (Å²) in [4.78, 5) is 11.6. The first-order chi connectivity index (χ1) is 13.2. The van der Waals surface area contributed by atoms with E-state index in [1.807, 2.05) is 60.7 Å². The molecule has 0 saturated carbocycles. The Morgan fingerprint density at radius 2 is 1.48 bits per heavy atom. The smallest absolute Gasteiger partial charge is 0.151 e. The van der Waals surface area contributed by atoms with Gasteiger partial charge < -0.3 is 19.0 Å². The molecule has 4 nitrogen and oxygen atoms in total. The van der Waals surface area contributed by atoms with E-state index in [4.69, 9.17) is 14.2 Å². The zero-order valence-corrected chi connectivity index (χ0v) is 16.0. The van der Waals surface area contributed by atoms with Gasteiger partial charge in [0.2, 0.25) is 0 Å². The molecule has 0 aromatic heterocycles. The third-order valence-corrected chi connectivity index (χ3v) is 5.40. The van der Waals surface area contributed by atoms with Crippen LogP contribution in [0.3, 0.4) is 0 Å². The normalized spacial score (nSPS) is 28.0. The molecule has 0 radical (unpaired) electrons.